The van der Waals surface area contributed by atoms with Crippen molar-refractivity contribution < 1.29 is 0 Å². The molecule has 1 aromatic heterocycles. The second kappa shape index (κ2) is 15.5. The molecule has 0 aliphatic heterocycles. The second-order valence-electron chi connectivity index (χ2n) is 16.1. The van der Waals surface area contributed by atoms with E-state index in [1.165, 1.54) is 85.9 Å². The summed E-state index contributed by atoms with van der Waals surface area (Å²) in [5, 5.41) is 14.0. The third kappa shape index (κ3) is 6.58. The average molecular weight is 821 g/mol. The number of rotatable bonds is 8. The number of anilines is 5. The molecule has 63 heavy (non-hydrogen) atoms. The summed E-state index contributed by atoms with van der Waals surface area (Å²) in [6.45, 7) is 0. The van der Waals surface area contributed by atoms with Crippen LogP contribution in [0.15, 0.2) is 237 Å². The largest absolute Gasteiger partial charge is 0.355 e. The molecule has 0 amide bonds. The highest BCUT2D eigenvalue weighted by molar-refractivity contribution is 7.26. The molecule has 1 N–H and O–H groups in total. The van der Waals surface area contributed by atoms with Crippen LogP contribution in [0, 0.1) is 0 Å². The van der Waals surface area contributed by atoms with E-state index < -0.39 is 0 Å². The number of hydrogen-bond donors (Lipinski definition) is 1. The van der Waals surface area contributed by atoms with Gasteiger partial charge in [0, 0.05) is 54.2 Å². The SMILES string of the molecule is c1ccc(-c2ccc(N(c3ccc(Nc4ccccc4-c4cc5ccccc5c5ccc6ccccc6c45)cc3)c3ccc(-c4cccc5c4sc4ccccc45)cc3)cc2)cc1. The molecular formula is C60H40N2S. The highest BCUT2D eigenvalue weighted by atomic mass is 32.1. The summed E-state index contributed by atoms with van der Waals surface area (Å²) < 4.78 is 2.64. The van der Waals surface area contributed by atoms with Gasteiger partial charge in [0.2, 0.25) is 0 Å². The average Bonchev–Trinajstić information content (AvgIpc) is 3.74. The van der Waals surface area contributed by atoms with Gasteiger partial charge in [0.05, 0.1) is 0 Å². The second-order valence-corrected chi connectivity index (χ2v) is 17.2. The van der Waals surface area contributed by atoms with Gasteiger partial charge in [0.15, 0.2) is 0 Å². The minimum absolute atomic E-state index is 1.02. The van der Waals surface area contributed by atoms with Crippen LogP contribution in [0.1, 0.15) is 0 Å². The van der Waals surface area contributed by atoms with E-state index in [0.717, 1.165) is 28.4 Å². The minimum atomic E-state index is 1.02. The lowest BCUT2D eigenvalue weighted by Gasteiger charge is -2.26. The van der Waals surface area contributed by atoms with E-state index in [1.54, 1.807) is 0 Å². The van der Waals surface area contributed by atoms with Gasteiger partial charge in [-0.3, -0.25) is 0 Å². The fourth-order valence-electron chi connectivity index (χ4n) is 9.42. The number of hydrogen-bond acceptors (Lipinski definition) is 3. The van der Waals surface area contributed by atoms with E-state index in [-0.39, 0.29) is 0 Å². The van der Waals surface area contributed by atoms with E-state index in [1.807, 2.05) is 11.3 Å². The van der Waals surface area contributed by atoms with Crippen molar-refractivity contribution >= 4 is 92.3 Å². The Kier molecular flexibility index (Phi) is 9.06. The van der Waals surface area contributed by atoms with Gasteiger partial charge in [-0.15, -0.1) is 11.3 Å². The van der Waals surface area contributed by atoms with Crippen LogP contribution in [0.3, 0.4) is 0 Å². The quantitative estimate of drug-likeness (QED) is 0.154. The number of nitrogens with one attached hydrogen (secondary N) is 1. The zero-order valence-corrected chi connectivity index (χ0v) is 35.2. The zero-order chi connectivity index (χ0) is 41.7. The molecule has 12 aromatic rings. The third-order valence-corrected chi connectivity index (χ3v) is 13.7. The van der Waals surface area contributed by atoms with Gasteiger partial charge in [0.25, 0.3) is 0 Å². The Morgan fingerprint density at radius 3 is 1.68 bits per heavy atom. The van der Waals surface area contributed by atoms with Gasteiger partial charge in [-0.25, -0.2) is 0 Å². The summed E-state index contributed by atoms with van der Waals surface area (Å²) in [5.74, 6) is 0. The topological polar surface area (TPSA) is 15.3 Å². The molecule has 3 heteroatoms. The molecule has 11 aromatic carbocycles. The summed E-state index contributed by atoms with van der Waals surface area (Å²) in [7, 11) is 0. The number of nitrogens with zero attached hydrogens (tertiary/aromatic N) is 1. The Bertz CT molecular complexity index is 3630. The third-order valence-electron chi connectivity index (χ3n) is 12.4. The molecule has 12 rings (SSSR count). The first-order chi connectivity index (χ1) is 31.2. The lowest BCUT2D eigenvalue weighted by atomic mass is 9.89. The maximum atomic E-state index is 3.84. The van der Waals surface area contributed by atoms with E-state index in [0.29, 0.717) is 0 Å². The summed E-state index contributed by atoms with van der Waals surface area (Å²) in [6, 6.07) is 85.9. The fraction of sp³-hybridized carbons (Fsp3) is 0. The molecule has 0 unspecified atom stereocenters. The standard InChI is InChI=1S/C60H40N2S/c1-2-13-40(14-3-1)41-25-32-46(33-26-41)62(47-34-27-43(28-35-47)51-21-12-22-55-53-20-9-11-24-58(53)63-60(51)55)48-36-30-45(31-37-48)61-57-23-10-8-19-52(57)56-39-44-16-5-6-17-49(44)54-38-29-42-15-4-7-18-50(42)59(54)56/h1-39,61H. The lowest BCUT2D eigenvalue weighted by molar-refractivity contribution is 1.28. The van der Waals surface area contributed by atoms with Crippen LogP contribution in [0.25, 0.3) is 85.9 Å². The number of para-hydroxylation sites is 1. The van der Waals surface area contributed by atoms with Crippen LogP contribution >= 0.6 is 11.3 Å². The highest BCUT2D eigenvalue weighted by Gasteiger charge is 2.17. The molecule has 0 spiro atoms. The molecule has 0 fully saturated rings. The molecule has 296 valence electrons. The lowest BCUT2D eigenvalue weighted by Crippen LogP contribution is -2.10. The first kappa shape index (κ1) is 36.8. The van der Waals surface area contributed by atoms with Crippen molar-refractivity contribution in [3.8, 4) is 33.4 Å². The maximum absolute atomic E-state index is 3.84. The summed E-state index contributed by atoms with van der Waals surface area (Å²) in [4.78, 5) is 2.35. The zero-order valence-electron chi connectivity index (χ0n) is 34.4. The van der Waals surface area contributed by atoms with Crippen molar-refractivity contribution in [2.75, 3.05) is 10.2 Å². The van der Waals surface area contributed by atoms with Crippen molar-refractivity contribution in [3.05, 3.63) is 237 Å². The molecule has 0 aliphatic carbocycles. The first-order valence-electron chi connectivity index (χ1n) is 21.5. The predicted molar refractivity (Wildman–Crippen MR) is 273 cm³/mol. The van der Waals surface area contributed by atoms with Crippen molar-refractivity contribution in [1.29, 1.82) is 0 Å². The Hall–Kier alpha value is -7.98. The van der Waals surface area contributed by atoms with E-state index in [2.05, 4.69) is 247 Å². The summed E-state index contributed by atoms with van der Waals surface area (Å²) >= 11 is 1.87. The van der Waals surface area contributed by atoms with E-state index in [9.17, 15) is 0 Å². The van der Waals surface area contributed by atoms with E-state index >= 15 is 0 Å². The maximum Gasteiger partial charge on any atom is 0.0464 e. The molecule has 0 atom stereocenters. The van der Waals surface area contributed by atoms with Gasteiger partial charge in [0.1, 0.15) is 0 Å². The van der Waals surface area contributed by atoms with Crippen LogP contribution in [0.4, 0.5) is 28.4 Å². The van der Waals surface area contributed by atoms with Gasteiger partial charge in [-0.1, -0.05) is 170 Å². The normalized spacial score (nSPS) is 11.5. The Labute approximate surface area is 370 Å². The molecule has 0 saturated heterocycles. The molecule has 0 aliphatic rings. The van der Waals surface area contributed by atoms with Gasteiger partial charge in [-0.05, 0) is 127 Å². The first-order valence-corrected chi connectivity index (χ1v) is 22.3. The molecule has 0 bridgehead atoms. The Morgan fingerprint density at radius 1 is 0.333 bits per heavy atom. The number of thiophene rings is 1. The van der Waals surface area contributed by atoms with Crippen molar-refractivity contribution in [3.63, 3.8) is 0 Å². The van der Waals surface area contributed by atoms with Crippen molar-refractivity contribution in [2.24, 2.45) is 0 Å². The van der Waals surface area contributed by atoms with Crippen LogP contribution < -0.4 is 10.2 Å². The van der Waals surface area contributed by atoms with Crippen LogP contribution in [0.5, 0.6) is 0 Å². The molecule has 1 heterocycles. The van der Waals surface area contributed by atoms with Gasteiger partial charge in [-0.2, -0.15) is 0 Å². The fourth-order valence-corrected chi connectivity index (χ4v) is 10.7. The smallest absolute Gasteiger partial charge is 0.0464 e. The van der Waals surface area contributed by atoms with Crippen LogP contribution in [-0.2, 0) is 0 Å². The Balaban J connectivity index is 0.921. The molecule has 0 saturated carbocycles. The van der Waals surface area contributed by atoms with Crippen LogP contribution in [-0.4, -0.2) is 0 Å². The summed E-state index contributed by atoms with van der Waals surface area (Å²) in [5.41, 5.74) is 12.6. The molecule has 2 nitrogen and oxygen atoms in total. The predicted octanol–water partition coefficient (Wildman–Crippen LogP) is 17.7. The van der Waals surface area contributed by atoms with Crippen LogP contribution in [0.2, 0.25) is 0 Å². The minimum Gasteiger partial charge on any atom is -0.355 e. The number of benzene rings is 11. The highest BCUT2D eigenvalue weighted by Crippen LogP contribution is 2.44. The van der Waals surface area contributed by atoms with E-state index in [4.69, 9.17) is 0 Å². The number of fused-ring (bicyclic) bond motifs is 8. The Morgan fingerprint density at radius 2 is 0.905 bits per heavy atom. The van der Waals surface area contributed by atoms with Gasteiger partial charge < -0.3 is 10.2 Å². The summed E-state index contributed by atoms with van der Waals surface area (Å²) in [6.07, 6.45) is 0. The van der Waals surface area contributed by atoms with Crippen molar-refractivity contribution in [2.45, 2.75) is 0 Å². The van der Waals surface area contributed by atoms with Crippen molar-refractivity contribution in [1.82, 2.24) is 0 Å². The molecule has 0 radical (unpaired) electrons. The van der Waals surface area contributed by atoms with Gasteiger partial charge >= 0.3 is 0 Å². The monoisotopic (exact) mass is 820 g/mol. The molecular weight excluding hydrogens is 781 g/mol.